The largest absolute Gasteiger partial charge is 0.302 e. The van der Waals surface area contributed by atoms with Crippen molar-refractivity contribution in [2.45, 2.75) is 37.9 Å². The molecule has 0 aliphatic carbocycles. The number of benzene rings is 1. The van der Waals surface area contributed by atoms with Crippen molar-refractivity contribution < 1.29 is 0 Å². The Morgan fingerprint density at radius 3 is 2.90 bits per heavy atom. The van der Waals surface area contributed by atoms with Crippen LogP contribution in [0.5, 0.6) is 0 Å². The van der Waals surface area contributed by atoms with Gasteiger partial charge in [-0.05, 0) is 31.9 Å². The predicted octanol–water partition coefficient (Wildman–Crippen LogP) is 4.40. The molecule has 2 rings (SSSR count). The SMILES string of the molecule is CCn1c(SCCCCC#N)nnc1-c1cccc(Cl)c1. The van der Waals surface area contributed by atoms with E-state index in [1.54, 1.807) is 11.8 Å². The van der Waals surface area contributed by atoms with Crippen LogP contribution in [0.25, 0.3) is 11.4 Å². The van der Waals surface area contributed by atoms with Gasteiger partial charge >= 0.3 is 0 Å². The van der Waals surface area contributed by atoms with E-state index in [2.05, 4.69) is 27.8 Å². The molecule has 0 amide bonds. The standard InChI is InChI=1S/C15H17ClN4S/c1-2-20-14(12-7-6-8-13(16)11-12)18-19-15(20)21-10-5-3-4-9-17/h6-8,11H,2-5,10H2,1H3. The van der Waals surface area contributed by atoms with E-state index in [4.69, 9.17) is 16.9 Å². The third kappa shape index (κ3) is 4.23. The van der Waals surface area contributed by atoms with Gasteiger partial charge in [-0.25, -0.2) is 0 Å². The first kappa shape index (κ1) is 15.9. The Hall–Kier alpha value is -1.51. The highest BCUT2D eigenvalue weighted by atomic mass is 35.5. The molecule has 0 radical (unpaired) electrons. The molecule has 0 atom stereocenters. The summed E-state index contributed by atoms with van der Waals surface area (Å²) in [5.74, 6) is 1.80. The van der Waals surface area contributed by atoms with E-state index in [0.717, 1.165) is 41.7 Å². The van der Waals surface area contributed by atoms with Gasteiger partial charge in [0.1, 0.15) is 0 Å². The lowest BCUT2D eigenvalue weighted by Gasteiger charge is -2.07. The maximum absolute atomic E-state index is 8.52. The van der Waals surface area contributed by atoms with Gasteiger partial charge in [-0.3, -0.25) is 0 Å². The summed E-state index contributed by atoms with van der Waals surface area (Å²) >= 11 is 7.73. The first-order valence-corrected chi connectivity index (χ1v) is 8.31. The molecule has 0 fully saturated rings. The van der Waals surface area contributed by atoms with Crippen molar-refractivity contribution in [2.75, 3.05) is 5.75 Å². The van der Waals surface area contributed by atoms with Crippen molar-refractivity contribution in [1.82, 2.24) is 14.8 Å². The molecule has 0 bridgehead atoms. The lowest BCUT2D eigenvalue weighted by atomic mass is 10.2. The predicted molar refractivity (Wildman–Crippen MR) is 86.3 cm³/mol. The van der Waals surface area contributed by atoms with Gasteiger partial charge in [-0.2, -0.15) is 5.26 Å². The number of hydrogen-bond acceptors (Lipinski definition) is 4. The minimum atomic E-state index is 0.620. The molecular formula is C15H17ClN4S. The Kier molecular flexibility index (Phi) is 6.09. The molecule has 0 saturated heterocycles. The van der Waals surface area contributed by atoms with E-state index in [1.807, 2.05) is 24.3 Å². The van der Waals surface area contributed by atoms with Crippen LogP contribution in [0.1, 0.15) is 26.2 Å². The van der Waals surface area contributed by atoms with Crippen molar-refractivity contribution in [3.8, 4) is 17.5 Å². The Morgan fingerprint density at radius 1 is 1.33 bits per heavy atom. The summed E-state index contributed by atoms with van der Waals surface area (Å²) in [6, 6.07) is 9.82. The maximum atomic E-state index is 8.52. The molecule has 21 heavy (non-hydrogen) atoms. The summed E-state index contributed by atoms with van der Waals surface area (Å²) in [6.07, 6.45) is 2.57. The minimum absolute atomic E-state index is 0.620. The molecule has 0 aliphatic rings. The fraction of sp³-hybridized carbons (Fsp3) is 0.400. The highest BCUT2D eigenvalue weighted by molar-refractivity contribution is 7.99. The van der Waals surface area contributed by atoms with Crippen LogP contribution in [0, 0.1) is 11.3 Å². The van der Waals surface area contributed by atoms with E-state index in [1.165, 1.54) is 0 Å². The van der Waals surface area contributed by atoms with Crippen LogP contribution >= 0.6 is 23.4 Å². The molecule has 2 aromatic rings. The second-order valence-electron chi connectivity index (χ2n) is 4.52. The maximum Gasteiger partial charge on any atom is 0.191 e. The van der Waals surface area contributed by atoms with Crippen LogP contribution in [0.4, 0.5) is 0 Å². The van der Waals surface area contributed by atoms with Crippen molar-refractivity contribution in [3.05, 3.63) is 29.3 Å². The number of aromatic nitrogens is 3. The Labute approximate surface area is 134 Å². The van der Waals surface area contributed by atoms with Gasteiger partial charge in [0.15, 0.2) is 11.0 Å². The fourth-order valence-corrected chi connectivity index (χ4v) is 3.18. The van der Waals surface area contributed by atoms with E-state index < -0.39 is 0 Å². The molecule has 0 unspecified atom stereocenters. The lowest BCUT2D eigenvalue weighted by molar-refractivity contribution is 0.686. The van der Waals surface area contributed by atoms with Gasteiger partial charge in [0.2, 0.25) is 0 Å². The zero-order valence-electron chi connectivity index (χ0n) is 11.9. The van der Waals surface area contributed by atoms with Crippen LogP contribution in [0.15, 0.2) is 29.4 Å². The monoisotopic (exact) mass is 320 g/mol. The Morgan fingerprint density at radius 2 is 2.19 bits per heavy atom. The fourth-order valence-electron chi connectivity index (χ4n) is 1.99. The molecule has 6 heteroatoms. The van der Waals surface area contributed by atoms with E-state index in [0.29, 0.717) is 11.4 Å². The molecule has 110 valence electrons. The summed E-state index contributed by atoms with van der Waals surface area (Å²) in [6.45, 7) is 2.90. The van der Waals surface area contributed by atoms with Gasteiger partial charge in [-0.1, -0.05) is 35.5 Å². The number of halogens is 1. The average molecular weight is 321 g/mol. The molecular weight excluding hydrogens is 304 g/mol. The van der Waals surface area contributed by atoms with E-state index in [-0.39, 0.29) is 0 Å². The smallest absolute Gasteiger partial charge is 0.191 e. The highest BCUT2D eigenvalue weighted by Crippen LogP contribution is 2.26. The summed E-state index contributed by atoms with van der Waals surface area (Å²) < 4.78 is 2.10. The Bertz CT molecular complexity index is 633. The van der Waals surface area contributed by atoms with Crippen LogP contribution in [0.3, 0.4) is 0 Å². The Balaban J connectivity index is 2.09. The second kappa shape index (κ2) is 8.06. The van der Waals surface area contributed by atoms with Crippen molar-refractivity contribution in [1.29, 1.82) is 5.26 Å². The topological polar surface area (TPSA) is 54.5 Å². The third-order valence-corrected chi connectivity index (χ3v) is 4.32. The second-order valence-corrected chi connectivity index (χ2v) is 6.02. The summed E-state index contributed by atoms with van der Waals surface area (Å²) in [4.78, 5) is 0. The summed E-state index contributed by atoms with van der Waals surface area (Å²) in [5.41, 5.74) is 0.980. The van der Waals surface area contributed by atoms with Crippen molar-refractivity contribution in [2.24, 2.45) is 0 Å². The first-order valence-electron chi connectivity index (χ1n) is 6.95. The number of hydrogen-bond donors (Lipinski definition) is 0. The number of nitrogens with zero attached hydrogens (tertiary/aromatic N) is 4. The molecule has 1 aromatic heterocycles. The molecule has 0 saturated carbocycles. The number of nitriles is 1. The molecule has 1 heterocycles. The van der Waals surface area contributed by atoms with Crippen LogP contribution in [-0.2, 0) is 6.54 Å². The molecule has 4 nitrogen and oxygen atoms in total. The highest BCUT2D eigenvalue weighted by Gasteiger charge is 2.13. The number of unbranched alkanes of at least 4 members (excludes halogenated alkanes) is 2. The number of thioether (sulfide) groups is 1. The van der Waals surface area contributed by atoms with Gasteiger partial charge in [0, 0.05) is 29.3 Å². The lowest BCUT2D eigenvalue weighted by Crippen LogP contribution is -2.00. The summed E-state index contributed by atoms with van der Waals surface area (Å²) in [5, 5.41) is 18.7. The van der Waals surface area contributed by atoms with E-state index in [9.17, 15) is 0 Å². The quantitative estimate of drug-likeness (QED) is 0.560. The zero-order chi connectivity index (χ0) is 15.1. The minimum Gasteiger partial charge on any atom is -0.302 e. The molecule has 1 aromatic carbocycles. The van der Waals surface area contributed by atoms with Gasteiger partial charge < -0.3 is 4.57 Å². The summed E-state index contributed by atoms with van der Waals surface area (Å²) in [7, 11) is 0. The van der Waals surface area contributed by atoms with Gasteiger partial charge in [-0.15, -0.1) is 10.2 Å². The van der Waals surface area contributed by atoms with Crippen molar-refractivity contribution in [3.63, 3.8) is 0 Å². The molecule has 0 spiro atoms. The number of rotatable bonds is 7. The first-order chi connectivity index (χ1) is 10.3. The van der Waals surface area contributed by atoms with Gasteiger partial charge in [0.25, 0.3) is 0 Å². The normalized spacial score (nSPS) is 10.5. The van der Waals surface area contributed by atoms with Crippen molar-refractivity contribution >= 4 is 23.4 Å². The molecule has 0 aliphatic heterocycles. The van der Waals surface area contributed by atoms with E-state index >= 15 is 0 Å². The van der Waals surface area contributed by atoms with Crippen LogP contribution < -0.4 is 0 Å². The average Bonchev–Trinajstić information content (AvgIpc) is 2.90. The van der Waals surface area contributed by atoms with Gasteiger partial charge in [0.05, 0.1) is 6.07 Å². The third-order valence-electron chi connectivity index (χ3n) is 3.03. The van der Waals surface area contributed by atoms with Crippen LogP contribution in [0.2, 0.25) is 5.02 Å². The zero-order valence-corrected chi connectivity index (χ0v) is 13.5. The molecule has 0 N–H and O–H groups in total. The van der Waals surface area contributed by atoms with Crippen LogP contribution in [-0.4, -0.2) is 20.5 Å².